The van der Waals surface area contributed by atoms with Crippen LogP contribution in [-0.2, 0) is 7.05 Å². The maximum absolute atomic E-state index is 12.0. The average molecular weight is 393 g/mol. The third-order valence-electron chi connectivity index (χ3n) is 4.93. The largest absolute Gasteiger partial charge is 0.507 e. The van der Waals surface area contributed by atoms with Crippen LogP contribution in [0.3, 0.4) is 0 Å². The molecule has 0 saturated carbocycles. The molecule has 0 saturated heterocycles. The van der Waals surface area contributed by atoms with Crippen LogP contribution in [0.4, 0.5) is 0 Å². The fourth-order valence-corrected chi connectivity index (χ4v) is 3.35. The number of phenolic OH excluding ortho intramolecular Hbond substituents is 1. The first-order chi connectivity index (χ1) is 14.0. The van der Waals surface area contributed by atoms with Crippen molar-refractivity contribution in [2.45, 2.75) is 6.42 Å². The molecule has 0 atom stereocenters. The molecule has 3 aromatic heterocycles. The lowest BCUT2D eigenvalue weighted by atomic mass is 10.0. The first kappa shape index (κ1) is 18.9. The van der Waals surface area contributed by atoms with Crippen molar-refractivity contribution in [2.75, 3.05) is 27.2 Å². The molecule has 8 heteroatoms. The maximum atomic E-state index is 12.0. The van der Waals surface area contributed by atoms with Crippen molar-refractivity contribution in [3.05, 3.63) is 47.1 Å². The summed E-state index contributed by atoms with van der Waals surface area (Å²) in [6.45, 7) is 1.55. The number of nitrogens with zero attached hydrogens (tertiary/aromatic N) is 4. The fourth-order valence-electron chi connectivity index (χ4n) is 3.35. The Balaban J connectivity index is 1.67. The molecule has 0 unspecified atom stereocenters. The topological polar surface area (TPSA) is 96.3 Å². The van der Waals surface area contributed by atoms with Gasteiger partial charge in [0.2, 0.25) is 5.88 Å². The normalized spacial score (nSPS) is 11.6. The molecular weight excluding hydrogens is 370 g/mol. The average Bonchev–Trinajstić information content (AvgIpc) is 3.00. The number of imidazole rings is 1. The molecule has 2 N–H and O–H groups in total. The Hall–Kier alpha value is -3.39. The van der Waals surface area contributed by atoms with E-state index in [0.29, 0.717) is 40.0 Å². The minimum absolute atomic E-state index is 0.0592. The zero-order valence-electron chi connectivity index (χ0n) is 16.6. The molecule has 29 heavy (non-hydrogen) atoms. The van der Waals surface area contributed by atoms with Crippen molar-refractivity contribution < 1.29 is 9.84 Å². The molecule has 0 aliphatic heterocycles. The number of H-pyrrole nitrogens is 1. The van der Waals surface area contributed by atoms with Gasteiger partial charge in [-0.3, -0.25) is 9.55 Å². The highest BCUT2D eigenvalue weighted by atomic mass is 16.5. The lowest BCUT2D eigenvalue weighted by Crippen LogP contribution is -2.15. The van der Waals surface area contributed by atoms with E-state index in [4.69, 9.17) is 4.74 Å². The van der Waals surface area contributed by atoms with Gasteiger partial charge in [0.1, 0.15) is 5.75 Å². The summed E-state index contributed by atoms with van der Waals surface area (Å²) >= 11 is 0. The number of aromatic hydroxyl groups is 1. The number of rotatable bonds is 6. The number of fused-ring (bicyclic) bond motifs is 3. The number of pyridine rings is 2. The first-order valence-corrected chi connectivity index (χ1v) is 9.39. The zero-order chi connectivity index (χ0) is 20.5. The molecule has 0 aliphatic carbocycles. The third-order valence-corrected chi connectivity index (χ3v) is 4.93. The lowest BCUT2D eigenvalue weighted by molar-refractivity contribution is 0.273. The summed E-state index contributed by atoms with van der Waals surface area (Å²) in [6.07, 6.45) is 4.21. The van der Waals surface area contributed by atoms with E-state index in [2.05, 4.69) is 19.9 Å². The van der Waals surface area contributed by atoms with Crippen LogP contribution in [0.5, 0.6) is 11.6 Å². The number of aromatic amines is 1. The van der Waals surface area contributed by atoms with Gasteiger partial charge in [-0.15, -0.1) is 0 Å². The molecule has 0 bridgehead atoms. The second kappa shape index (κ2) is 7.56. The van der Waals surface area contributed by atoms with Crippen LogP contribution in [0.25, 0.3) is 33.1 Å². The molecule has 0 aliphatic rings. The van der Waals surface area contributed by atoms with Gasteiger partial charge in [-0.05, 0) is 38.7 Å². The Bertz CT molecular complexity index is 1230. The van der Waals surface area contributed by atoms with Gasteiger partial charge in [0.05, 0.1) is 34.7 Å². The fraction of sp³-hybridized carbons (Fsp3) is 0.286. The second-order valence-electron chi connectivity index (χ2n) is 7.25. The SMILES string of the molecule is CN(C)CCCOc1ccc(-c2ccc3ncc4c([nH]c(=O)n4C)c3c2O)cn1. The first-order valence-electron chi connectivity index (χ1n) is 9.39. The quantitative estimate of drug-likeness (QED) is 0.489. The minimum atomic E-state index is -0.253. The van der Waals surface area contributed by atoms with Crippen LogP contribution in [0.15, 0.2) is 41.5 Å². The van der Waals surface area contributed by atoms with Gasteiger partial charge < -0.3 is 19.7 Å². The highest BCUT2D eigenvalue weighted by Gasteiger charge is 2.15. The van der Waals surface area contributed by atoms with E-state index in [1.165, 1.54) is 4.57 Å². The van der Waals surface area contributed by atoms with Crippen LogP contribution in [0.2, 0.25) is 0 Å². The van der Waals surface area contributed by atoms with Crippen molar-refractivity contribution in [2.24, 2.45) is 7.05 Å². The number of phenols is 1. The second-order valence-corrected chi connectivity index (χ2v) is 7.25. The van der Waals surface area contributed by atoms with E-state index < -0.39 is 0 Å². The highest BCUT2D eigenvalue weighted by molar-refractivity contribution is 6.08. The van der Waals surface area contributed by atoms with Gasteiger partial charge in [-0.2, -0.15) is 0 Å². The van der Waals surface area contributed by atoms with Gasteiger partial charge in [0.15, 0.2) is 0 Å². The molecule has 4 rings (SSSR count). The summed E-state index contributed by atoms with van der Waals surface area (Å²) in [4.78, 5) is 25.6. The van der Waals surface area contributed by atoms with Gasteiger partial charge in [0.25, 0.3) is 0 Å². The number of aromatic nitrogens is 4. The molecular formula is C21H23N5O3. The van der Waals surface area contributed by atoms with E-state index in [9.17, 15) is 9.90 Å². The Morgan fingerprint density at radius 3 is 2.72 bits per heavy atom. The van der Waals surface area contributed by atoms with Crippen molar-refractivity contribution in [1.29, 1.82) is 0 Å². The Labute approximate surface area is 167 Å². The number of aryl methyl sites for hydroxylation is 1. The Morgan fingerprint density at radius 2 is 2.00 bits per heavy atom. The molecule has 150 valence electrons. The number of hydrogen-bond donors (Lipinski definition) is 2. The standard InChI is InChI=1S/C21H23N5O3/c1-25(2)9-4-10-29-17-8-5-13(11-23-17)14-6-7-15-18(20(14)27)19-16(12-22-15)26(3)21(28)24-19/h5-8,11-12,27H,4,9-10H2,1-3H3,(H,24,28). The van der Waals surface area contributed by atoms with Crippen LogP contribution in [0.1, 0.15) is 6.42 Å². The van der Waals surface area contributed by atoms with Crippen molar-refractivity contribution in [3.63, 3.8) is 0 Å². The van der Waals surface area contributed by atoms with Gasteiger partial charge in [0, 0.05) is 37.0 Å². The Kier molecular flexibility index (Phi) is 4.94. The molecule has 0 spiro atoms. The highest BCUT2D eigenvalue weighted by Crippen LogP contribution is 2.37. The van der Waals surface area contributed by atoms with E-state index in [1.807, 2.05) is 26.2 Å². The van der Waals surface area contributed by atoms with Gasteiger partial charge >= 0.3 is 5.69 Å². The number of benzene rings is 1. The maximum Gasteiger partial charge on any atom is 0.326 e. The van der Waals surface area contributed by atoms with Crippen LogP contribution in [0, 0.1) is 0 Å². The van der Waals surface area contributed by atoms with Crippen molar-refractivity contribution in [1.82, 2.24) is 24.4 Å². The Morgan fingerprint density at radius 1 is 1.17 bits per heavy atom. The number of nitrogens with one attached hydrogen (secondary N) is 1. The summed E-state index contributed by atoms with van der Waals surface area (Å²) in [5, 5.41) is 11.5. The number of ether oxygens (including phenoxy) is 1. The predicted octanol–water partition coefficient (Wildman–Crippen LogP) is 2.51. The molecule has 3 heterocycles. The monoisotopic (exact) mass is 393 g/mol. The van der Waals surface area contributed by atoms with Gasteiger partial charge in [-0.25, -0.2) is 9.78 Å². The summed E-state index contributed by atoms with van der Waals surface area (Å²) in [5.41, 5.74) is 2.92. The lowest BCUT2D eigenvalue weighted by Gasteiger charge is -2.11. The van der Waals surface area contributed by atoms with E-state index in [-0.39, 0.29) is 11.4 Å². The van der Waals surface area contributed by atoms with Gasteiger partial charge in [-0.1, -0.05) is 0 Å². The minimum Gasteiger partial charge on any atom is -0.507 e. The molecule has 8 nitrogen and oxygen atoms in total. The van der Waals surface area contributed by atoms with Crippen LogP contribution < -0.4 is 10.4 Å². The third kappa shape index (κ3) is 3.54. The molecule has 4 aromatic rings. The zero-order valence-corrected chi connectivity index (χ0v) is 16.6. The van der Waals surface area contributed by atoms with Crippen LogP contribution >= 0.6 is 0 Å². The van der Waals surface area contributed by atoms with E-state index >= 15 is 0 Å². The molecule has 1 aromatic carbocycles. The summed E-state index contributed by atoms with van der Waals surface area (Å²) in [6, 6.07) is 7.27. The van der Waals surface area contributed by atoms with Crippen molar-refractivity contribution >= 4 is 21.9 Å². The van der Waals surface area contributed by atoms with Crippen molar-refractivity contribution in [3.8, 4) is 22.8 Å². The molecule has 0 radical (unpaired) electrons. The molecule has 0 amide bonds. The van der Waals surface area contributed by atoms with E-state index in [1.54, 1.807) is 31.6 Å². The molecule has 0 fully saturated rings. The summed E-state index contributed by atoms with van der Waals surface area (Å²) < 4.78 is 7.14. The predicted molar refractivity (Wildman–Crippen MR) is 112 cm³/mol. The number of hydrogen-bond acceptors (Lipinski definition) is 6. The van der Waals surface area contributed by atoms with Crippen LogP contribution in [-0.4, -0.2) is 56.8 Å². The smallest absolute Gasteiger partial charge is 0.326 e. The summed E-state index contributed by atoms with van der Waals surface area (Å²) in [7, 11) is 5.71. The summed E-state index contributed by atoms with van der Waals surface area (Å²) in [5.74, 6) is 0.605. The van der Waals surface area contributed by atoms with E-state index in [0.717, 1.165) is 18.5 Å².